The van der Waals surface area contributed by atoms with Gasteiger partial charge in [0.15, 0.2) is 0 Å². The van der Waals surface area contributed by atoms with Crippen molar-refractivity contribution in [1.29, 1.82) is 0 Å². The van der Waals surface area contributed by atoms with Crippen LogP contribution >= 0.6 is 36.6 Å². The summed E-state index contributed by atoms with van der Waals surface area (Å²) in [5.74, 6) is 1.09. The predicted octanol–water partition coefficient (Wildman–Crippen LogP) is 5.81. The number of β-amino-alcohol motifs (C(OH)–C–C–N with tert-alkyl or cyclic N) is 1. The van der Waals surface area contributed by atoms with E-state index in [9.17, 15) is 13.9 Å². The summed E-state index contributed by atoms with van der Waals surface area (Å²) in [6, 6.07) is 23.4. The van der Waals surface area contributed by atoms with E-state index in [0.717, 1.165) is 43.1 Å². The smallest absolute Gasteiger partial charge is 0.123 e. The maximum atomic E-state index is 13.5. The molecule has 0 saturated carbocycles. The summed E-state index contributed by atoms with van der Waals surface area (Å²) in [6.07, 6.45) is -0.366. The van der Waals surface area contributed by atoms with Gasteiger partial charge in [-0.1, -0.05) is 54.6 Å². The number of thioether (sulfide) groups is 1. The van der Waals surface area contributed by atoms with Gasteiger partial charge in [0.05, 0.1) is 12.1 Å². The molecule has 1 saturated heterocycles. The third kappa shape index (κ3) is 8.74. The molecule has 3 aromatic carbocycles. The Kier molecular flexibility index (Phi) is 12.5. The topological polar surface area (TPSA) is 26.7 Å². The molecule has 8 heteroatoms. The minimum atomic E-state index is -0.366. The normalized spacial score (nSPS) is 15.3. The van der Waals surface area contributed by atoms with Crippen molar-refractivity contribution in [3.63, 3.8) is 0 Å². The van der Waals surface area contributed by atoms with Gasteiger partial charge in [0.1, 0.15) is 11.6 Å². The molecule has 35 heavy (non-hydrogen) atoms. The van der Waals surface area contributed by atoms with Crippen molar-refractivity contribution >= 4 is 36.6 Å². The Bertz CT molecular complexity index is 943. The average molecular weight is 542 g/mol. The Labute approximate surface area is 223 Å². The first-order chi connectivity index (χ1) is 16.1. The lowest BCUT2D eigenvalue weighted by Gasteiger charge is -2.40. The summed E-state index contributed by atoms with van der Waals surface area (Å²) in [4.78, 5) is 4.66. The zero-order valence-corrected chi connectivity index (χ0v) is 21.9. The van der Waals surface area contributed by atoms with Crippen LogP contribution in [0.25, 0.3) is 0 Å². The molecule has 1 fully saturated rings. The maximum absolute atomic E-state index is 13.5. The van der Waals surface area contributed by atoms with Gasteiger partial charge in [0, 0.05) is 44.2 Å². The lowest BCUT2D eigenvalue weighted by Crippen LogP contribution is -2.50. The molecule has 0 bridgehead atoms. The van der Waals surface area contributed by atoms with Crippen LogP contribution in [0.2, 0.25) is 0 Å². The van der Waals surface area contributed by atoms with Crippen molar-refractivity contribution in [2.45, 2.75) is 17.9 Å². The fraction of sp³-hybridized carbons (Fsp3) is 0.333. The van der Waals surface area contributed by atoms with Gasteiger partial charge < -0.3 is 5.11 Å². The first-order valence-electron chi connectivity index (χ1n) is 11.4. The second-order valence-electron chi connectivity index (χ2n) is 8.50. The van der Waals surface area contributed by atoms with E-state index < -0.39 is 0 Å². The molecule has 1 heterocycles. The van der Waals surface area contributed by atoms with Gasteiger partial charge in [-0.15, -0.1) is 24.8 Å². The Morgan fingerprint density at radius 1 is 0.743 bits per heavy atom. The molecule has 4 rings (SSSR count). The third-order valence-corrected chi connectivity index (χ3v) is 7.19. The molecule has 3 nitrogen and oxygen atoms in total. The van der Waals surface area contributed by atoms with Crippen LogP contribution in [0.3, 0.4) is 0 Å². The van der Waals surface area contributed by atoms with Crippen LogP contribution in [-0.4, -0.2) is 59.5 Å². The van der Waals surface area contributed by atoms with E-state index in [2.05, 4.69) is 21.9 Å². The van der Waals surface area contributed by atoms with Crippen LogP contribution in [0.15, 0.2) is 78.9 Å². The van der Waals surface area contributed by atoms with Gasteiger partial charge in [0.25, 0.3) is 0 Å². The van der Waals surface area contributed by atoms with Gasteiger partial charge in [-0.25, -0.2) is 8.78 Å². The molecule has 0 aliphatic carbocycles. The first kappa shape index (κ1) is 29.6. The Morgan fingerprint density at radius 3 is 1.77 bits per heavy atom. The van der Waals surface area contributed by atoms with Crippen LogP contribution in [0, 0.1) is 11.6 Å². The van der Waals surface area contributed by atoms with Crippen molar-refractivity contribution in [2.24, 2.45) is 0 Å². The van der Waals surface area contributed by atoms with E-state index in [-0.39, 0.29) is 48.6 Å². The molecule has 190 valence electrons. The Morgan fingerprint density at radius 2 is 1.26 bits per heavy atom. The zero-order valence-electron chi connectivity index (χ0n) is 19.4. The highest BCUT2D eigenvalue weighted by molar-refractivity contribution is 7.98. The van der Waals surface area contributed by atoms with Gasteiger partial charge in [0.2, 0.25) is 0 Å². The molecule has 1 atom stereocenters. The summed E-state index contributed by atoms with van der Waals surface area (Å²) >= 11 is 1.76. The highest BCUT2D eigenvalue weighted by Crippen LogP contribution is 2.30. The highest BCUT2D eigenvalue weighted by atomic mass is 35.5. The Hall–Kier alpha value is -1.67. The van der Waals surface area contributed by atoms with Crippen LogP contribution in [0.1, 0.15) is 22.7 Å². The van der Waals surface area contributed by atoms with Crippen molar-refractivity contribution in [3.05, 3.63) is 107 Å². The molecule has 1 unspecified atom stereocenters. The van der Waals surface area contributed by atoms with Gasteiger partial charge >= 0.3 is 0 Å². The number of benzene rings is 3. The number of aliphatic hydroxyl groups is 1. The molecule has 0 radical (unpaired) electrons. The molecular formula is C27H32Cl2F2N2OS. The van der Waals surface area contributed by atoms with E-state index in [1.807, 2.05) is 42.5 Å². The van der Waals surface area contributed by atoms with E-state index >= 15 is 0 Å². The van der Waals surface area contributed by atoms with Crippen molar-refractivity contribution < 1.29 is 13.9 Å². The number of piperazine rings is 1. The molecule has 0 aromatic heterocycles. The molecule has 0 spiro atoms. The SMILES string of the molecule is Cl.Cl.OC(CSCc1ccccc1)CN1CCN(C(c2ccc(F)cc2)c2ccc(F)cc2)CC1. The standard InChI is InChI=1S/C27H30F2N2OS.2ClH/c28-24-10-6-22(7-11-24)27(23-8-12-25(29)13-9-23)31-16-14-30(15-17-31)18-26(32)20-33-19-21-4-2-1-3-5-21;;/h1-13,26-27,32H,14-20H2;2*1H. The van der Waals surface area contributed by atoms with Gasteiger partial charge in [-0.2, -0.15) is 11.8 Å². The number of nitrogens with zero attached hydrogens (tertiary/aromatic N) is 2. The van der Waals surface area contributed by atoms with Gasteiger partial charge in [-0.3, -0.25) is 9.80 Å². The fourth-order valence-corrected chi connectivity index (χ4v) is 5.27. The van der Waals surface area contributed by atoms with Crippen LogP contribution in [-0.2, 0) is 5.75 Å². The maximum Gasteiger partial charge on any atom is 0.123 e. The number of hydrogen-bond acceptors (Lipinski definition) is 4. The Balaban J connectivity index is 0.00000216. The van der Waals surface area contributed by atoms with E-state index in [4.69, 9.17) is 0 Å². The number of aliphatic hydroxyl groups excluding tert-OH is 1. The van der Waals surface area contributed by atoms with Crippen LogP contribution in [0.5, 0.6) is 0 Å². The average Bonchev–Trinajstić information content (AvgIpc) is 2.83. The lowest BCUT2D eigenvalue weighted by molar-refractivity contribution is 0.0708. The first-order valence-corrected chi connectivity index (χ1v) is 12.5. The molecule has 1 aliphatic rings. The monoisotopic (exact) mass is 540 g/mol. The minimum Gasteiger partial charge on any atom is -0.391 e. The van der Waals surface area contributed by atoms with E-state index in [0.29, 0.717) is 12.3 Å². The van der Waals surface area contributed by atoms with E-state index in [1.165, 1.54) is 29.8 Å². The summed E-state index contributed by atoms with van der Waals surface area (Å²) in [7, 11) is 0. The number of rotatable bonds is 9. The second-order valence-corrected chi connectivity index (χ2v) is 9.53. The number of hydrogen-bond donors (Lipinski definition) is 1. The van der Waals surface area contributed by atoms with Crippen molar-refractivity contribution in [3.8, 4) is 0 Å². The summed E-state index contributed by atoms with van der Waals surface area (Å²) in [5.41, 5.74) is 3.26. The number of halogens is 4. The lowest BCUT2D eigenvalue weighted by atomic mass is 9.96. The third-order valence-electron chi connectivity index (χ3n) is 6.03. The molecule has 1 aliphatic heterocycles. The van der Waals surface area contributed by atoms with Crippen LogP contribution < -0.4 is 0 Å². The molecule has 0 amide bonds. The minimum absolute atomic E-state index is 0. The van der Waals surface area contributed by atoms with Crippen molar-refractivity contribution in [1.82, 2.24) is 9.80 Å². The molecule has 1 N–H and O–H groups in total. The van der Waals surface area contributed by atoms with Gasteiger partial charge in [-0.05, 0) is 41.0 Å². The summed E-state index contributed by atoms with van der Waals surface area (Å²) in [6.45, 7) is 4.00. The second kappa shape index (κ2) is 14.8. The quantitative estimate of drug-likeness (QED) is 0.370. The largest absolute Gasteiger partial charge is 0.391 e. The molecule has 3 aromatic rings. The summed E-state index contributed by atoms with van der Waals surface area (Å²) < 4.78 is 27.0. The fourth-order valence-electron chi connectivity index (χ4n) is 4.35. The summed E-state index contributed by atoms with van der Waals surface area (Å²) in [5, 5.41) is 10.5. The van der Waals surface area contributed by atoms with Crippen molar-refractivity contribution in [2.75, 3.05) is 38.5 Å². The zero-order chi connectivity index (χ0) is 23.0. The van der Waals surface area contributed by atoms with Crippen LogP contribution in [0.4, 0.5) is 8.78 Å². The highest BCUT2D eigenvalue weighted by Gasteiger charge is 2.27. The predicted molar refractivity (Wildman–Crippen MR) is 146 cm³/mol. The van der Waals surface area contributed by atoms with E-state index in [1.54, 1.807) is 11.8 Å². The molecular weight excluding hydrogens is 509 g/mol.